The van der Waals surface area contributed by atoms with Crippen LogP contribution in [0.2, 0.25) is 0 Å². The van der Waals surface area contributed by atoms with Crippen LogP contribution in [-0.4, -0.2) is 81.8 Å². The molecule has 4 rings (SSSR count). The van der Waals surface area contributed by atoms with E-state index in [1.807, 2.05) is 37.3 Å². The first-order chi connectivity index (χ1) is 18.8. The first-order valence-corrected chi connectivity index (χ1v) is 13.0. The number of carbonyl (C=O) groups is 2. The number of ether oxygens (including phenoxy) is 6. The molecule has 0 saturated carbocycles. The van der Waals surface area contributed by atoms with Gasteiger partial charge in [0.1, 0.15) is 12.3 Å². The third kappa shape index (κ3) is 5.35. The summed E-state index contributed by atoms with van der Waals surface area (Å²) in [4.78, 5) is 29.9. The van der Waals surface area contributed by atoms with Crippen molar-refractivity contribution in [3.05, 3.63) is 52.6 Å². The zero-order valence-electron chi connectivity index (χ0n) is 23.7. The molecule has 2 aromatic rings. The number of benzene rings is 2. The van der Waals surface area contributed by atoms with Crippen molar-refractivity contribution in [3.63, 3.8) is 0 Å². The predicted molar refractivity (Wildman–Crippen MR) is 143 cm³/mol. The van der Waals surface area contributed by atoms with E-state index in [1.54, 1.807) is 40.1 Å². The van der Waals surface area contributed by atoms with Crippen molar-refractivity contribution in [3.8, 4) is 17.2 Å². The fraction of sp³-hybridized carbons (Fsp3) is 0.517. The number of nitrogens with zero attached hydrogens (tertiary/aromatic N) is 2. The number of hydrogen-bond donors (Lipinski definition) is 0. The summed E-state index contributed by atoms with van der Waals surface area (Å²) < 4.78 is 35.0. The molecule has 2 aliphatic rings. The van der Waals surface area contributed by atoms with Crippen LogP contribution in [0.4, 0.5) is 4.79 Å². The summed E-state index contributed by atoms with van der Waals surface area (Å²) in [6.07, 6.45) is -1.31. The molecule has 10 heteroatoms. The molecule has 1 fully saturated rings. The highest BCUT2D eigenvalue weighted by Crippen LogP contribution is 2.51. The Balaban J connectivity index is 1.82. The van der Waals surface area contributed by atoms with Gasteiger partial charge in [0.05, 0.1) is 52.7 Å². The van der Waals surface area contributed by atoms with Gasteiger partial charge in [0.15, 0.2) is 17.7 Å². The molecule has 0 aromatic heterocycles. The van der Waals surface area contributed by atoms with Crippen LogP contribution in [0, 0.1) is 6.92 Å². The minimum atomic E-state index is -0.739. The van der Waals surface area contributed by atoms with Gasteiger partial charge in [-0.1, -0.05) is 30.3 Å². The Kier molecular flexibility index (Phi) is 8.87. The lowest BCUT2D eigenvalue weighted by Gasteiger charge is -2.52. The Labute approximate surface area is 229 Å². The second-order valence-electron chi connectivity index (χ2n) is 9.89. The number of piperazine rings is 1. The summed E-state index contributed by atoms with van der Waals surface area (Å²) in [5.41, 5.74) is 3.41. The molecule has 1 saturated heterocycles. The van der Waals surface area contributed by atoms with E-state index >= 15 is 0 Å². The van der Waals surface area contributed by atoms with Crippen molar-refractivity contribution < 1.29 is 38.0 Å². The Hall–Kier alpha value is -3.50. The highest BCUT2D eigenvalue weighted by Gasteiger charge is 2.51. The molecular weight excluding hydrogens is 504 g/mol. The lowest BCUT2D eigenvalue weighted by Crippen LogP contribution is -2.67. The van der Waals surface area contributed by atoms with Gasteiger partial charge in [0.25, 0.3) is 0 Å². The van der Waals surface area contributed by atoms with Crippen LogP contribution >= 0.6 is 0 Å². The minimum Gasteiger partial charge on any atom is -0.496 e. The maximum absolute atomic E-state index is 13.8. The van der Waals surface area contributed by atoms with Gasteiger partial charge < -0.3 is 33.3 Å². The maximum atomic E-state index is 13.8. The number of hydrogen-bond acceptors (Lipinski definition) is 8. The summed E-state index contributed by atoms with van der Waals surface area (Å²) in [5, 5.41) is 0. The van der Waals surface area contributed by atoms with E-state index in [0.717, 1.165) is 22.3 Å². The highest BCUT2D eigenvalue weighted by atomic mass is 16.6. The topological polar surface area (TPSA) is 96.0 Å². The third-order valence-electron chi connectivity index (χ3n) is 7.21. The fourth-order valence-electron chi connectivity index (χ4n) is 5.71. The molecule has 0 spiro atoms. The maximum Gasteiger partial charge on any atom is 0.412 e. The summed E-state index contributed by atoms with van der Waals surface area (Å²) in [6.45, 7) is 5.79. The largest absolute Gasteiger partial charge is 0.496 e. The summed E-state index contributed by atoms with van der Waals surface area (Å²) in [6, 6.07) is 8.76. The van der Waals surface area contributed by atoms with Gasteiger partial charge in [0, 0.05) is 30.2 Å². The van der Waals surface area contributed by atoms with Gasteiger partial charge >= 0.3 is 6.09 Å². The van der Waals surface area contributed by atoms with Crippen molar-refractivity contribution in [2.45, 2.75) is 58.2 Å². The molecule has 0 N–H and O–H groups in total. The number of carbonyl (C=O) groups excluding carboxylic acids is 2. The molecule has 39 heavy (non-hydrogen) atoms. The van der Waals surface area contributed by atoms with Gasteiger partial charge in [-0.25, -0.2) is 4.79 Å². The Morgan fingerprint density at radius 1 is 1.00 bits per heavy atom. The van der Waals surface area contributed by atoms with Crippen molar-refractivity contribution in [1.29, 1.82) is 0 Å². The van der Waals surface area contributed by atoms with Crippen LogP contribution < -0.4 is 14.2 Å². The van der Waals surface area contributed by atoms with E-state index in [-0.39, 0.29) is 25.2 Å². The van der Waals surface area contributed by atoms with Crippen molar-refractivity contribution in [1.82, 2.24) is 9.80 Å². The van der Waals surface area contributed by atoms with E-state index in [4.69, 9.17) is 28.4 Å². The van der Waals surface area contributed by atoms with Gasteiger partial charge in [0.2, 0.25) is 5.91 Å². The molecule has 0 aliphatic carbocycles. The average Bonchev–Trinajstić information content (AvgIpc) is 2.92. The lowest BCUT2D eigenvalue weighted by atomic mass is 9.83. The highest BCUT2D eigenvalue weighted by molar-refractivity contribution is 5.85. The van der Waals surface area contributed by atoms with Gasteiger partial charge in [-0.3, -0.25) is 9.69 Å². The quantitative estimate of drug-likeness (QED) is 0.471. The first-order valence-electron chi connectivity index (χ1n) is 13.0. The minimum absolute atomic E-state index is 0.183. The van der Waals surface area contributed by atoms with E-state index in [9.17, 15) is 9.59 Å². The van der Waals surface area contributed by atoms with E-state index in [1.165, 1.54) is 12.0 Å². The summed E-state index contributed by atoms with van der Waals surface area (Å²) in [7, 11) is 6.29. The zero-order chi connectivity index (χ0) is 28.3. The molecule has 0 bridgehead atoms. The lowest BCUT2D eigenvalue weighted by molar-refractivity contribution is -0.169. The number of methoxy groups -OCH3 is 4. The third-order valence-corrected chi connectivity index (χ3v) is 7.21. The standard InChI is InChI=1S/C29H38N2O8/c1-17(2)39-29(33)30-14-23(32)31-21(28(30)37-7)13-20-24(22(31)16-38-15-19-11-9-8-10-12-19)27(36-6)26(35-5)18(3)25(20)34-4/h8-12,17,21-22,28H,13-16H2,1-7H3/t21-,22-,28+/m0/s1. The fourth-order valence-corrected chi connectivity index (χ4v) is 5.71. The second kappa shape index (κ2) is 12.1. The van der Waals surface area contributed by atoms with Gasteiger partial charge in [-0.15, -0.1) is 0 Å². The van der Waals surface area contributed by atoms with Crippen LogP contribution in [0.15, 0.2) is 30.3 Å². The van der Waals surface area contributed by atoms with E-state index in [2.05, 4.69) is 0 Å². The van der Waals surface area contributed by atoms with Gasteiger partial charge in [-0.2, -0.15) is 0 Å². The molecule has 2 aliphatic heterocycles. The predicted octanol–water partition coefficient (Wildman–Crippen LogP) is 3.87. The number of amides is 2. The Morgan fingerprint density at radius 2 is 1.67 bits per heavy atom. The van der Waals surface area contributed by atoms with E-state index < -0.39 is 24.4 Å². The molecular formula is C29H38N2O8. The molecule has 2 amide bonds. The SMILES string of the molecule is COc1c(C)c(OC)c(OC)c2c1C[C@H]1[C@@H](OC)N(C(=O)OC(C)C)CC(=O)N1[C@H]2COCc1ccccc1. The van der Waals surface area contributed by atoms with Crippen LogP contribution in [-0.2, 0) is 32.0 Å². The molecule has 2 aromatic carbocycles. The van der Waals surface area contributed by atoms with Crippen molar-refractivity contribution in [2.24, 2.45) is 0 Å². The smallest absolute Gasteiger partial charge is 0.412 e. The van der Waals surface area contributed by atoms with Crippen LogP contribution in [0.1, 0.15) is 42.1 Å². The molecule has 212 valence electrons. The molecule has 3 atom stereocenters. The Morgan fingerprint density at radius 3 is 2.26 bits per heavy atom. The molecule has 10 nitrogen and oxygen atoms in total. The molecule has 0 radical (unpaired) electrons. The van der Waals surface area contributed by atoms with Crippen LogP contribution in [0.3, 0.4) is 0 Å². The van der Waals surface area contributed by atoms with Crippen LogP contribution in [0.5, 0.6) is 17.2 Å². The van der Waals surface area contributed by atoms with E-state index in [0.29, 0.717) is 30.3 Å². The van der Waals surface area contributed by atoms with Crippen molar-refractivity contribution in [2.75, 3.05) is 41.6 Å². The molecule has 0 unspecified atom stereocenters. The zero-order valence-corrected chi connectivity index (χ0v) is 23.7. The second-order valence-corrected chi connectivity index (χ2v) is 9.89. The number of fused-ring (bicyclic) bond motifs is 2. The van der Waals surface area contributed by atoms with Crippen LogP contribution in [0.25, 0.3) is 0 Å². The summed E-state index contributed by atoms with van der Waals surface area (Å²) >= 11 is 0. The normalized spacial score (nSPS) is 20.4. The first kappa shape index (κ1) is 28.5. The molecule has 2 heterocycles. The van der Waals surface area contributed by atoms with Gasteiger partial charge in [-0.05, 0) is 26.3 Å². The average molecular weight is 543 g/mol. The number of rotatable bonds is 9. The van der Waals surface area contributed by atoms with Crippen molar-refractivity contribution >= 4 is 12.0 Å². The monoisotopic (exact) mass is 542 g/mol. The summed E-state index contributed by atoms with van der Waals surface area (Å²) in [5.74, 6) is 1.46. The Bertz CT molecular complexity index is 1190.